The van der Waals surface area contributed by atoms with Gasteiger partial charge in [0.25, 0.3) is 9.05 Å². The quantitative estimate of drug-likeness (QED) is 0.461. The van der Waals surface area contributed by atoms with E-state index in [0.717, 1.165) is 20.9 Å². The third-order valence-electron chi connectivity index (χ3n) is 2.40. The molecule has 0 fully saturated rings. The van der Waals surface area contributed by atoms with Crippen molar-refractivity contribution in [1.82, 2.24) is 9.78 Å². The average molecular weight is 381 g/mol. The van der Waals surface area contributed by atoms with Gasteiger partial charge in [0.1, 0.15) is 0 Å². The fraction of sp³-hybridized carbons (Fsp3) is 0.100. The Bertz CT molecular complexity index is 757. The maximum atomic E-state index is 11.3. The number of hydrogen-bond donors (Lipinski definition) is 0. The highest BCUT2D eigenvalue weighted by Crippen LogP contribution is 2.25. The second-order valence-electron chi connectivity index (χ2n) is 3.84. The summed E-state index contributed by atoms with van der Waals surface area (Å²) in [7, 11) is 0.936. The molecule has 0 radical (unpaired) electrons. The largest absolute Gasteiger partial charge is 0.410 e. The van der Waals surface area contributed by atoms with Gasteiger partial charge in [-0.3, -0.25) is 0 Å². The van der Waals surface area contributed by atoms with Gasteiger partial charge in [-0.05, 0) is 22.6 Å². The van der Waals surface area contributed by atoms with E-state index in [0.29, 0.717) is 0 Å². The lowest BCUT2D eigenvalue weighted by atomic mass is 10.2. The van der Waals surface area contributed by atoms with E-state index < -0.39 is 24.7 Å². The van der Waals surface area contributed by atoms with Crippen LogP contribution in [0.25, 0.3) is 0 Å². The molecule has 0 saturated heterocycles. The first-order chi connectivity index (χ1) is 9.27. The zero-order valence-electron chi connectivity index (χ0n) is 9.73. The van der Waals surface area contributed by atoms with Crippen molar-refractivity contribution in [3.8, 4) is 0 Å². The highest BCUT2D eigenvalue weighted by atomic mass is 79.9. The SMILES string of the molecule is O=[N+]([O-])c1nn(Cc2ccc(Br)cc2)cc1S(=O)(=O)Cl. The number of hydrogen-bond acceptors (Lipinski definition) is 5. The highest BCUT2D eigenvalue weighted by Gasteiger charge is 2.29. The standard InChI is InChI=1S/C10H7BrClN3O4S/c11-8-3-1-7(2-4-8)5-14-6-9(20(12,18)19)10(13-14)15(16)17/h1-4,6H,5H2. The number of halogens is 2. The van der Waals surface area contributed by atoms with Gasteiger partial charge < -0.3 is 10.1 Å². The van der Waals surface area contributed by atoms with Crippen LogP contribution in [0.1, 0.15) is 5.56 Å². The van der Waals surface area contributed by atoms with E-state index in [1.165, 1.54) is 0 Å². The highest BCUT2D eigenvalue weighted by molar-refractivity contribution is 9.10. The lowest BCUT2D eigenvalue weighted by molar-refractivity contribution is -0.392. The number of aromatic nitrogens is 2. The van der Waals surface area contributed by atoms with Crippen molar-refractivity contribution in [3.63, 3.8) is 0 Å². The van der Waals surface area contributed by atoms with E-state index in [2.05, 4.69) is 21.0 Å². The van der Waals surface area contributed by atoms with E-state index in [9.17, 15) is 18.5 Å². The van der Waals surface area contributed by atoms with Crippen molar-refractivity contribution in [1.29, 1.82) is 0 Å². The van der Waals surface area contributed by atoms with Crippen LogP contribution in [0.5, 0.6) is 0 Å². The Kier molecular flexibility index (Phi) is 4.11. The molecule has 0 amide bonds. The van der Waals surface area contributed by atoms with Gasteiger partial charge in [-0.2, -0.15) is 4.68 Å². The molecule has 0 spiro atoms. The molecule has 1 heterocycles. The van der Waals surface area contributed by atoms with Crippen molar-refractivity contribution in [2.45, 2.75) is 11.4 Å². The molecule has 0 aliphatic heterocycles. The lowest BCUT2D eigenvalue weighted by Gasteiger charge is -1.98. The second-order valence-corrected chi connectivity index (χ2v) is 7.29. The van der Waals surface area contributed by atoms with Gasteiger partial charge in [0.05, 0.1) is 17.8 Å². The molecular formula is C10H7BrClN3O4S. The van der Waals surface area contributed by atoms with Crippen LogP contribution in [0.15, 0.2) is 39.8 Å². The summed E-state index contributed by atoms with van der Waals surface area (Å²) in [5, 5.41) is 14.4. The molecule has 10 heteroatoms. The van der Waals surface area contributed by atoms with Gasteiger partial charge in [-0.1, -0.05) is 28.1 Å². The van der Waals surface area contributed by atoms with Crippen molar-refractivity contribution in [2.75, 3.05) is 0 Å². The molecule has 20 heavy (non-hydrogen) atoms. The zero-order chi connectivity index (χ0) is 14.9. The first kappa shape index (κ1) is 14.9. The van der Waals surface area contributed by atoms with Crippen LogP contribution in [0, 0.1) is 10.1 Å². The Hall–Kier alpha value is -1.45. The summed E-state index contributed by atoms with van der Waals surface area (Å²) in [5.74, 6) is -0.780. The Labute approximate surface area is 126 Å². The molecule has 7 nitrogen and oxygen atoms in total. The van der Waals surface area contributed by atoms with Gasteiger partial charge in [0.15, 0.2) is 0 Å². The van der Waals surface area contributed by atoms with Crippen LogP contribution in [0.3, 0.4) is 0 Å². The normalized spacial score (nSPS) is 11.5. The lowest BCUT2D eigenvalue weighted by Crippen LogP contribution is -2.01. The number of benzene rings is 1. The van der Waals surface area contributed by atoms with Gasteiger partial charge in [0.2, 0.25) is 4.90 Å². The summed E-state index contributed by atoms with van der Waals surface area (Å²) in [4.78, 5) is 9.29. The molecule has 2 aromatic rings. The minimum Gasteiger partial charge on any atom is -0.358 e. The summed E-state index contributed by atoms with van der Waals surface area (Å²) >= 11 is 3.28. The first-order valence-electron chi connectivity index (χ1n) is 5.18. The predicted octanol–water partition coefficient (Wildman–Crippen LogP) is 2.53. The number of rotatable bonds is 4. The molecule has 0 saturated carbocycles. The monoisotopic (exact) mass is 379 g/mol. The van der Waals surface area contributed by atoms with E-state index in [4.69, 9.17) is 10.7 Å². The molecular weight excluding hydrogens is 374 g/mol. The van der Waals surface area contributed by atoms with Crippen LogP contribution >= 0.6 is 26.6 Å². The molecule has 106 valence electrons. The fourth-order valence-corrected chi connectivity index (χ4v) is 2.72. The maximum Gasteiger partial charge on any atom is 0.410 e. The third-order valence-corrected chi connectivity index (χ3v) is 4.24. The van der Waals surface area contributed by atoms with E-state index in [1.807, 2.05) is 0 Å². The van der Waals surface area contributed by atoms with Crippen molar-refractivity contribution in [2.24, 2.45) is 0 Å². The molecule has 0 atom stereocenters. The first-order valence-corrected chi connectivity index (χ1v) is 8.28. The summed E-state index contributed by atoms with van der Waals surface area (Å²) < 4.78 is 24.6. The van der Waals surface area contributed by atoms with Gasteiger partial charge in [-0.25, -0.2) is 8.42 Å². The molecule has 0 aliphatic carbocycles. The summed E-state index contributed by atoms with van der Waals surface area (Å²) in [6, 6.07) is 7.16. The topological polar surface area (TPSA) is 95.1 Å². The van der Waals surface area contributed by atoms with Gasteiger partial charge in [-0.15, -0.1) is 0 Å². The van der Waals surface area contributed by atoms with E-state index in [-0.39, 0.29) is 6.54 Å². The Morgan fingerprint density at radius 3 is 2.40 bits per heavy atom. The molecule has 0 aliphatic rings. The number of nitrogens with zero attached hydrogens (tertiary/aromatic N) is 3. The Balaban J connectivity index is 2.39. The molecule has 1 aromatic carbocycles. The predicted molar refractivity (Wildman–Crippen MR) is 75.2 cm³/mol. The molecule has 1 aromatic heterocycles. The van der Waals surface area contributed by atoms with Crippen molar-refractivity contribution >= 4 is 41.5 Å². The minimum absolute atomic E-state index is 0.195. The van der Waals surface area contributed by atoms with Gasteiger partial charge >= 0.3 is 5.82 Å². The molecule has 0 unspecified atom stereocenters. The van der Waals surface area contributed by atoms with Crippen molar-refractivity contribution in [3.05, 3.63) is 50.6 Å². The maximum absolute atomic E-state index is 11.3. The minimum atomic E-state index is -4.22. The number of nitro groups is 1. The van der Waals surface area contributed by atoms with Crippen LogP contribution in [0.4, 0.5) is 5.82 Å². The average Bonchev–Trinajstić information content (AvgIpc) is 2.76. The summed E-state index contributed by atoms with van der Waals surface area (Å²) in [6.07, 6.45) is 1.04. The van der Waals surface area contributed by atoms with E-state index >= 15 is 0 Å². The zero-order valence-corrected chi connectivity index (χ0v) is 12.9. The Morgan fingerprint density at radius 1 is 1.35 bits per heavy atom. The van der Waals surface area contributed by atoms with Crippen LogP contribution in [-0.4, -0.2) is 23.1 Å². The van der Waals surface area contributed by atoms with Gasteiger partial charge in [0, 0.05) is 15.2 Å². The summed E-state index contributed by atoms with van der Waals surface area (Å²) in [6.45, 7) is 0.195. The second kappa shape index (κ2) is 5.51. The molecule has 0 N–H and O–H groups in total. The van der Waals surface area contributed by atoms with E-state index in [1.54, 1.807) is 24.3 Å². The van der Waals surface area contributed by atoms with Crippen LogP contribution in [0.2, 0.25) is 0 Å². The molecule has 2 rings (SSSR count). The van der Waals surface area contributed by atoms with Crippen LogP contribution in [-0.2, 0) is 15.6 Å². The fourth-order valence-electron chi connectivity index (χ4n) is 1.55. The smallest absolute Gasteiger partial charge is 0.358 e. The van der Waals surface area contributed by atoms with Crippen LogP contribution < -0.4 is 0 Å². The molecule has 0 bridgehead atoms. The van der Waals surface area contributed by atoms with Crippen molar-refractivity contribution < 1.29 is 13.3 Å². The third kappa shape index (κ3) is 3.35. The Morgan fingerprint density at radius 2 is 1.95 bits per heavy atom. The summed E-state index contributed by atoms with van der Waals surface area (Å²) in [5.41, 5.74) is 0.809.